The van der Waals surface area contributed by atoms with Crippen molar-refractivity contribution in [2.24, 2.45) is 0 Å². The molecule has 1 amide bonds. The summed E-state index contributed by atoms with van der Waals surface area (Å²) in [5, 5.41) is 3.06. The van der Waals surface area contributed by atoms with Crippen molar-refractivity contribution in [3.8, 4) is 0 Å². The van der Waals surface area contributed by atoms with Crippen molar-refractivity contribution in [2.45, 2.75) is 50.6 Å². The molecule has 14 heavy (non-hydrogen) atoms. The van der Waals surface area contributed by atoms with Gasteiger partial charge in [-0.2, -0.15) is 0 Å². The maximum absolute atomic E-state index is 11.0. The molecule has 1 unspecified atom stereocenters. The molecule has 2 rings (SSSR count). The molecule has 1 spiro atoms. The summed E-state index contributed by atoms with van der Waals surface area (Å²) >= 11 is 0. The fourth-order valence-corrected chi connectivity index (χ4v) is 2.88. The van der Waals surface area contributed by atoms with Gasteiger partial charge < -0.3 is 10.2 Å². The molecule has 3 heteroatoms. The SMILES string of the molecule is CC(=O)NC1CCN(C)C2(CCC2)C1. The zero-order valence-electron chi connectivity index (χ0n) is 9.18. The lowest BCUT2D eigenvalue weighted by Gasteiger charge is -2.54. The predicted octanol–water partition coefficient (Wildman–Crippen LogP) is 1.14. The molecule has 1 aliphatic heterocycles. The van der Waals surface area contributed by atoms with Gasteiger partial charge in [-0.05, 0) is 39.2 Å². The molecule has 1 N–H and O–H groups in total. The molecule has 0 radical (unpaired) electrons. The van der Waals surface area contributed by atoms with Crippen LogP contribution in [-0.2, 0) is 4.79 Å². The van der Waals surface area contributed by atoms with Crippen LogP contribution in [0.25, 0.3) is 0 Å². The first-order valence-corrected chi connectivity index (χ1v) is 5.61. The molecule has 0 aromatic heterocycles. The van der Waals surface area contributed by atoms with E-state index in [0.29, 0.717) is 11.6 Å². The molecule has 2 fully saturated rings. The second-order valence-corrected chi connectivity index (χ2v) is 4.89. The van der Waals surface area contributed by atoms with Gasteiger partial charge in [-0.3, -0.25) is 4.79 Å². The van der Waals surface area contributed by atoms with E-state index in [9.17, 15) is 4.79 Å². The van der Waals surface area contributed by atoms with Gasteiger partial charge >= 0.3 is 0 Å². The van der Waals surface area contributed by atoms with Crippen LogP contribution in [0.2, 0.25) is 0 Å². The van der Waals surface area contributed by atoms with Crippen LogP contribution in [0.5, 0.6) is 0 Å². The molecule has 1 aliphatic carbocycles. The minimum atomic E-state index is 0.119. The molecule has 1 saturated carbocycles. The smallest absolute Gasteiger partial charge is 0.217 e. The molecule has 1 atom stereocenters. The third kappa shape index (κ3) is 1.65. The summed E-state index contributed by atoms with van der Waals surface area (Å²) in [7, 11) is 2.23. The van der Waals surface area contributed by atoms with Crippen molar-refractivity contribution >= 4 is 5.91 Å². The lowest BCUT2D eigenvalue weighted by molar-refractivity contribution is -0.120. The van der Waals surface area contributed by atoms with E-state index < -0.39 is 0 Å². The summed E-state index contributed by atoms with van der Waals surface area (Å²) in [6.07, 6.45) is 6.26. The first kappa shape index (κ1) is 9.97. The van der Waals surface area contributed by atoms with Gasteiger partial charge in [0.25, 0.3) is 0 Å². The summed E-state index contributed by atoms with van der Waals surface area (Å²) in [6.45, 7) is 2.75. The minimum absolute atomic E-state index is 0.119. The summed E-state index contributed by atoms with van der Waals surface area (Å²) in [5.74, 6) is 0.119. The van der Waals surface area contributed by atoms with Gasteiger partial charge in [0, 0.05) is 25.0 Å². The van der Waals surface area contributed by atoms with Gasteiger partial charge in [0.2, 0.25) is 5.91 Å². The van der Waals surface area contributed by atoms with Crippen LogP contribution in [0.1, 0.15) is 39.0 Å². The van der Waals surface area contributed by atoms with Crippen molar-refractivity contribution < 1.29 is 4.79 Å². The average Bonchev–Trinajstić information content (AvgIpc) is 2.04. The second-order valence-electron chi connectivity index (χ2n) is 4.89. The molecule has 80 valence electrons. The summed E-state index contributed by atoms with van der Waals surface area (Å²) in [5.41, 5.74) is 0.436. The fraction of sp³-hybridized carbons (Fsp3) is 0.909. The lowest BCUT2D eigenvalue weighted by atomic mass is 9.69. The Morgan fingerprint density at radius 3 is 2.71 bits per heavy atom. The maximum atomic E-state index is 11.0. The van der Waals surface area contributed by atoms with Gasteiger partial charge in [0.1, 0.15) is 0 Å². The second kappa shape index (κ2) is 3.54. The van der Waals surface area contributed by atoms with E-state index in [0.717, 1.165) is 19.4 Å². The van der Waals surface area contributed by atoms with E-state index in [1.54, 1.807) is 6.92 Å². The Morgan fingerprint density at radius 1 is 1.50 bits per heavy atom. The van der Waals surface area contributed by atoms with Crippen molar-refractivity contribution in [1.82, 2.24) is 10.2 Å². The van der Waals surface area contributed by atoms with Crippen molar-refractivity contribution in [3.05, 3.63) is 0 Å². The van der Waals surface area contributed by atoms with Crippen molar-refractivity contribution in [1.29, 1.82) is 0 Å². The first-order valence-electron chi connectivity index (χ1n) is 5.61. The van der Waals surface area contributed by atoms with E-state index in [1.165, 1.54) is 19.3 Å². The molecule has 0 bridgehead atoms. The van der Waals surface area contributed by atoms with E-state index in [-0.39, 0.29) is 5.91 Å². The number of amides is 1. The van der Waals surface area contributed by atoms with Gasteiger partial charge in [-0.15, -0.1) is 0 Å². The number of nitrogens with one attached hydrogen (secondary N) is 1. The van der Waals surface area contributed by atoms with Crippen molar-refractivity contribution in [3.63, 3.8) is 0 Å². The Bertz CT molecular complexity index is 235. The third-order valence-corrected chi connectivity index (χ3v) is 3.94. The van der Waals surface area contributed by atoms with Crippen LogP contribution < -0.4 is 5.32 Å². The Morgan fingerprint density at radius 2 is 2.21 bits per heavy atom. The number of carbonyl (C=O) groups excluding carboxylic acids is 1. The first-order chi connectivity index (χ1) is 6.62. The topological polar surface area (TPSA) is 32.3 Å². The molecule has 0 aromatic rings. The highest BCUT2D eigenvalue weighted by Crippen LogP contribution is 2.43. The summed E-state index contributed by atoms with van der Waals surface area (Å²) < 4.78 is 0. The highest BCUT2D eigenvalue weighted by molar-refractivity contribution is 5.73. The Balaban J connectivity index is 1.95. The zero-order chi connectivity index (χ0) is 10.2. The van der Waals surface area contributed by atoms with E-state index in [4.69, 9.17) is 0 Å². The molecule has 1 saturated heterocycles. The Kier molecular flexibility index (Phi) is 2.52. The molecule has 2 aliphatic rings. The molecular formula is C11H20N2O. The minimum Gasteiger partial charge on any atom is -0.353 e. The zero-order valence-corrected chi connectivity index (χ0v) is 9.18. The molecule has 1 heterocycles. The van der Waals surface area contributed by atoms with Gasteiger partial charge in [0.05, 0.1) is 0 Å². The quantitative estimate of drug-likeness (QED) is 0.682. The van der Waals surface area contributed by atoms with Crippen LogP contribution >= 0.6 is 0 Å². The van der Waals surface area contributed by atoms with Crippen molar-refractivity contribution in [2.75, 3.05) is 13.6 Å². The number of likely N-dealkylation sites (tertiary alicyclic amines) is 1. The number of nitrogens with zero attached hydrogens (tertiary/aromatic N) is 1. The number of hydrogen-bond donors (Lipinski definition) is 1. The van der Waals surface area contributed by atoms with E-state index >= 15 is 0 Å². The average molecular weight is 196 g/mol. The van der Waals surface area contributed by atoms with Gasteiger partial charge in [-0.25, -0.2) is 0 Å². The van der Waals surface area contributed by atoms with Crippen LogP contribution in [0, 0.1) is 0 Å². The monoisotopic (exact) mass is 196 g/mol. The normalized spacial score (nSPS) is 31.1. The van der Waals surface area contributed by atoms with Gasteiger partial charge in [-0.1, -0.05) is 0 Å². The van der Waals surface area contributed by atoms with Crippen LogP contribution in [0.4, 0.5) is 0 Å². The molecule has 0 aromatic carbocycles. The largest absolute Gasteiger partial charge is 0.353 e. The summed E-state index contributed by atoms with van der Waals surface area (Å²) in [4.78, 5) is 13.5. The summed E-state index contributed by atoms with van der Waals surface area (Å²) in [6, 6.07) is 0.420. The standard InChI is InChI=1S/C11H20N2O/c1-9(14)12-10-4-7-13(2)11(8-10)5-3-6-11/h10H,3-8H2,1-2H3,(H,12,14). The van der Waals surface area contributed by atoms with Crippen LogP contribution in [-0.4, -0.2) is 36.0 Å². The predicted molar refractivity (Wildman–Crippen MR) is 56.1 cm³/mol. The van der Waals surface area contributed by atoms with E-state index in [1.807, 2.05) is 0 Å². The van der Waals surface area contributed by atoms with E-state index in [2.05, 4.69) is 17.3 Å². The fourth-order valence-electron chi connectivity index (χ4n) is 2.88. The molecule has 3 nitrogen and oxygen atoms in total. The van der Waals surface area contributed by atoms with Crippen LogP contribution in [0.15, 0.2) is 0 Å². The highest BCUT2D eigenvalue weighted by Gasteiger charge is 2.44. The number of piperidine rings is 1. The number of hydrogen-bond acceptors (Lipinski definition) is 2. The molecular weight excluding hydrogens is 176 g/mol. The van der Waals surface area contributed by atoms with Gasteiger partial charge in [0.15, 0.2) is 0 Å². The number of rotatable bonds is 1. The number of carbonyl (C=O) groups is 1. The third-order valence-electron chi connectivity index (χ3n) is 3.94. The Labute approximate surface area is 85.8 Å². The van der Waals surface area contributed by atoms with Crippen LogP contribution in [0.3, 0.4) is 0 Å². The highest BCUT2D eigenvalue weighted by atomic mass is 16.1. The maximum Gasteiger partial charge on any atom is 0.217 e. The lowest BCUT2D eigenvalue weighted by Crippen LogP contribution is -2.60. The Hall–Kier alpha value is -0.570.